The largest absolute Gasteiger partial charge is 0.503 e. The zero-order valence-corrected chi connectivity index (χ0v) is 17.0. The average molecular weight is 400 g/mol. The van der Waals surface area contributed by atoms with Gasteiger partial charge >= 0.3 is 0 Å². The number of aryl methyl sites for hydroxylation is 2. The van der Waals surface area contributed by atoms with Gasteiger partial charge < -0.3 is 14.7 Å². The fraction of sp³-hybridized carbons (Fsp3) is 0.364. The molecule has 1 aliphatic heterocycles. The lowest BCUT2D eigenvalue weighted by Gasteiger charge is -2.26. The summed E-state index contributed by atoms with van der Waals surface area (Å²) in [5.74, 6) is -1.06. The minimum atomic E-state index is -0.521. The van der Waals surface area contributed by atoms with Crippen molar-refractivity contribution >= 4 is 23.0 Å². The van der Waals surface area contributed by atoms with Gasteiger partial charge in [-0.25, -0.2) is 0 Å². The second-order valence-electron chi connectivity index (χ2n) is 6.89. The molecule has 0 aliphatic carbocycles. The number of rotatable bonds is 9. The fourth-order valence-electron chi connectivity index (χ4n) is 3.52. The molecular formula is C22H25NO4S. The molecule has 148 valence electrons. The summed E-state index contributed by atoms with van der Waals surface area (Å²) in [6.45, 7) is 2.90. The van der Waals surface area contributed by atoms with E-state index in [-0.39, 0.29) is 17.8 Å². The molecular weight excluding hydrogens is 374 g/mol. The van der Waals surface area contributed by atoms with Gasteiger partial charge in [-0.3, -0.25) is 9.59 Å². The van der Waals surface area contributed by atoms with E-state index < -0.39 is 17.7 Å². The van der Waals surface area contributed by atoms with E-state index in [0.29, 0.717) is 26.0 Å². The lowest BCUT2D eigenvalue weighted by molar-refractivity contribution is -0.129. The molecule has 1 aromatic carbocycles. The number of aliphatic hydroxyl groups excluding tert-OH is 1. The molecule has 0 bridgehead atoms. The van der Waals surface area contributed by atoms with E-state index in [1.165, 1.54) is 11.3 Å². The molecule has 3 rings (SSSR count). The number of nitrogens with zero attached hydrogens (tertiary/aromatic N) is 1. The van der Waals surface area contributed by atoms with Gasteiger partial charge in [0, 0.05) is 31.6 Å². The molecule has 1 unspecified atom stereocenters. The van der Waals surface area contributed by atoms with E-state index in [0.717, 1.165) is 16.0 Å². The number of hydrogen-bond acceptors (Lipinski definition) is 5. The van der Waals surface area contributed by atoms with Crippen LogP contribution in [-0.4, -0.2) is 42.0 Å². The van der Waals surface area contributed by atoms with E-state index in [4.69, 9.17) is 4.74 Å². The Bertz CT molecular complexity index is 872. The van der Waals surface area contributed by atoms with Gasteiger partial charge in [-0.1, -0.05) is 30.3 Å². The first-order chi connectivity index (χ1) is 13.5. The molecule has 0 saturated carbocycles. The number of ether oxygens (including phenoxy) is 1. The van der Waals surface area contributed by atoms with E-state index in [9.17, 15) is 14.7 Å². The second-order valence-corrected chi connectivity index (χ2v) is 7.83. The van der Waals surface area contributed by atoms with Gasteiger partial charge in [0.25, 0.3) is 5.91 Å². The van der Waals surface area contributed by atoms with Crippen LogP contribution in [0.1, 0.15) is 34.9 Å². The Morgan fingerprint density at radius 1 is 1.25 bits per heavy atom. The highest BCUT2D eigenvalue weighted by atomic mass is 32.1. The van der Waals surface area contributed by atoms with Gasteiger partial charge in [-0.05, 0) is 42.3 Å². The standard InChI is InChI=1S/C22H25NO4S/c1-15-11-14-28-21(15)19-18(17(24)10-9-16-7-4-3-5-8-16)20(25)22(26)23(19)12-6-13-27-2/h3-5,7-8,11,14,19,25H,6,9-10,12-13H2,1-2H3. The number of aliphatic hydroxyl groups is 1. The molecule has 6 heteroatoms. The first-order valence-corrected chi connectivity index (χ1v) is 10.3. The highest BCUT2D eigenvalue weighted by Gasteiger charge is 2.43. The fourth-order valence-corrected chi connectivity index (χ4v) is 4.57. The Hall–Kier alpha value is -2.44. The zero-order valence-electron chi connectivity index (χ0n) is 16.2. The predicted molar refractivity (Wildman–Crippen MR) is 109 cm³/mol. The van der Waals surface area contributed by atoms with Crippen molar-refractivity contribution in [1.82, 2.24) is 4.90 Å². The van der Waals surface area contributed by atoms with Crippen LogP contribution in [0.15, 0.2) is 53.1 Å². The first kappa shape index (κ1) is 20.3. The molecule has 1 amide bonds. The van der Waals surface area contributed by atoms with Gasteiger partial charge in [0.05, 0.1) is 11.6 Å². The molecule has 0 spiro atoms. The summed E-state index contributed by atoms with van der Waals surface area (Å²) >= 11 is 1.51. The van der Waals surface area contributed by atoms with Crippen LogP contribution >= 0.6 is 11.3 Å². The summed E-state index contributed by atoms with van der Waals surface area (Å²) < 4.78 is 5.10. The number of methoxy groups -OCH3 is 1. The van der Waals surface area contributed by atoms with Crippen LogP contribution in [0, 0.1) is 6.92 Å². The van der Waals surface area contributed by atoms with Gasteiger partial charge in [-0.15, -0.1) is 11.3 Å². The molecule has 5 nitrogen and oxygen atoms in total. The number of amides is 1. The van der Waals surface area contributed by atoms with Crippen LogP contribution in [0.25, 0.3) is 0 Å². The monoisotopic (exact) mass is 399 g/mol. The van der Waals surface area contributed by atoms with Crippen molar-refractivity contribution in [3.63, 3.8) is 0 Å². The summed E-state index contributed by atoms with van der Waals surface area (Å²) in [5, 5.41) is 12.5. The van der Waals surface area contributed by atoms with Crippen molar-refractivity contribution in [3.8, 4) is 0 Å². The lowest BCUT2D eigenvalue weighted by atomic mass is 9.96. The molecule has 1 aromatic heterocycles. The van der Waals surface area contributed by atoms with Crippen LogP contribution < -0.4 is 0 Å². The summed E-state index contributed by atoms with van der Waals surface area (Å²) in [5.41, 5.74) is 2.30. The maximum absolute atomic E-state index is 13.1. The Morgan fingerprint density at radius 2 is 2.00 bits per heavy atom. The van der Waals surface area contributed by atoms with Crippen molar-refractivity contribution in [2.45, 2.75) is 32.2 Å². The van der Waals surface area contributed by atoms with E-state index in [1.807, 2.05) is 48.7 Å². The highest BCUT2D eigenvalue weighted by Crippen LogP contribution is 2.41. The third-order valence-corrected chi connectivity index (χ3v) is 6.06. The summed E-state index contributed by atoms with van der Waals surface area (Å²) in [4.78, 5) is 28.3. The maximum Gasteiger partial charge on any atom is 0.290 e. The molecule has 1 aliphatic rings. The summed E-state index contributed by atoms with van der Waals surface area (Å²) in [6.07, 6.45) is 1.47. The van der Waals surface area contributed by atoms with Crippen LogP contribution in [0.2, 0.25) is 0 Å². The number of thiophene rings is 1. The summed E-state index contributed by atoms with van der Waals surface area (Å²) in [7, 11) is 1.61. The molecule has 0 fully saturated rings. The van der Waals surface area contributed by atoms with Crippen molar-refractivity contribution in [2.75, 3.05) is 20.3 Å². The highest BCUT2D eigenvalue weighted by molar-refractivity contribution is 7.10. The molecule has 1 N–H and O–H groups in total. The third kappa shape index (κ3) is 4.18. The number of carbonyl (C=O) groups excluding carboxylic acids is 2. The van der Waals surface area contributed by atoms with E-state index in [1.54, 1.807) is 12.0 Å². The minimum Gasteiger partial charge on any atom is -0.503 e. The smallest absolute Gasteiger partial charge is 0.290 e. The maximum atomic E-state index is 13.1. The van der Waals surface area contributed by atoms with Gasteiger partial charge in [0.1, 0.15) is 0 Å². The Kier molecular flexibility index (Phi) is 6.65. The Balaban J connectivity index is 1.86. The molecule has 2 heterocycles. The normalized spacial score (nSPS) is 16.9. The number of hydrogen-bond donors (Lipinski definition) is 1. The molecule has 2 aromatic rings. The lowest BCUT2D eigenvalue weighted by Crippen LogP contribution is -2.32. The van der Waals surface area contributed by atoms with Gasteiger partial charge in [0.15, 0.2) is 11.5 Å². The van der Waals surface area contributed by atoms with Crippen LogP contribution in [0.4, 0.5) is 0 Å². The predicted octanol–water partition coefficient (Wildman–Crippen LogP) is 3.99. The zero-order chi connectivity index (χ0) is 20.1. The Morgan fingerprint density at radius 3 is 2.64 bits per heavy atom. The molecule has 0 saturated heterocycles. The van der Waals surface area contributed by atoms with Crippen molar-refractivity contribution in [2.24, 2.45) is 0 Å². The van der Waals surface area contributed by atoms with E-state index >= 15 is 0 Å². The molecule has 0 radical (unpaired) electrons. The second kappa shape index (κ2) is 9.17. The minimum absolute atomic E-state index is 0.179. The number of Topliss-reactive ketones (excluding diaryl/α,β-unsaturated/α-hetero) is 1. The summed E-state index contributed by atoms with van der Waals surface area (Å²) in [6, 6.07) is 11.2. The molecule has 28 heavy (non-hydrogen) atoms. The molecule has 1 atom stereocenters. The van der Waals surface area contributed by atoms with Crippen molar-refractivity contribution < 1.29 is 19.4 Å². The van der Waals surface area contributed by atoms with Gasteiger partial charge in [0.2, 0.25) is 0 Å². The number of ketones is 1. The van der Waals surface area contributed by atoms with Crippen molar-refractivity contribution in [1.29, 1.82) is 0 Å². The number of carbonyl (C=O) groups is 2. The number of benzene rings is 1. The van der Waals surface area contributed by atoms with Crippen molar-refractivity contribution in [3.05, 3.63) is 69.1 Å². The van der Waals surface area contributed by atoms with E-state index in [2.05, 4.69) is 0 Å². The SMILES string of the molecule is COCCCN1C(=O)C(O)=C(C(=O)CCc2ccccc2)C1c1sccc1C. The topological polar surface area (TPSA) is 66.8 Å². The van der Waals surface area contributed by atoms with Gasteiger partial charge in [-0.2, -0.15) is 0 Å². The average Bonchev–Trinajstić information content (AvgIpc) is 3.23. The van der Waals surface area contributed by atoms with Crippen LogP contribution in [0.3, 0.4) is 0 Å². The first-order valence-electron chi connectivity index (χ1n) is 9.38. The quantitative estimate of drug-likeness (QED) is 0.648. The Labute approximate surface area is 169 Å². The van der Waals surface area contributed by atoms with Crippen LogP contribution in [0.5, 0.6) is 0 Å². The third-order valence-electron chi connectivity index (χ3n) is 4.99. The van der Waals surface area contributed by atoms with Crippen LogP contribution in [-0.2, 0) is 20.7 Å².